The number of benzene rings is 1. The van der Waals surface area contributed by atoms with Crippen molar-refractivity contribution in [2.24, 2.45) is 5.41 Å². The molecule has 0 bridgehead atoms. The first-order valence-electron chi connectivity index (χ1n) is 6.60. The molecule has 0 amide bonds. The maximum Gasteiger partial charge on any atom is 0.124 e. The zero-order valence-corrected chi connectivity index (χ0v) is 12.8. The van der Waals surface area contributed by atoms with Gasteiger partial charge in [-0.2, -0.15) is 0 Å². The molecule has 0 saturated heterocycles. The molecular formula is C15H21ClN2O. The summed E-state index contributed by atoms with van der Waals surface area (Å²) >= 11 is 6.03. The average molecular weight is 281 g/mol. The summed E-state index contributed by atoms with van der Waals surface area (Å²) in [7, 11) is 1.67. The summed E-state index contributed by atoms with van der Waals surface area (Å²) in [5, 5.41) is 0. The molecular weight excluding hydrogens is 260 g/mol. The molecule has 4 heteroatoms. The van der Waals surface area contributed by atoms with E-state index in [9.17, 15) is 0 Å². The van der Waals surface area contributed by atoms with Gasteiger partial charge in [-0.1, -0.05) is 20.8 Å². The van der Waals surface area contributed by atoms with Crippen LogP contribution in [0.25, 0.3) is 11.0 Å². The van der Waals surface area contributed by atoms with Crippen LogP contribution in [0.4, 0.5) is 0 Å². The number of halogens is 1. The lowest BCUT2D eigenvalue weighted by Gasteiger charge is -2.24. The minimum absolute atomic E-state index is 0.231. The summed E-state index contributed by atoms with van der Waals surface area (Å²) in [6.07, 6.45) is 1.12. The fourth-order valence-electron chi connectivity index (χ4n) is 2.10. The van der Waals surface area contributed by atoms with Gasteiger partial charge in [0.25, 0.3) is 0 Å². The number of imidazole rings is 1. The number of nitrogens with zero attached hydrogens (tertiary/aromatic N) is 2. The zero-order chi connectivity index (χ0) is 14.0. The molecule has 0 fully saturated rings. The van der Waals surface area contributed by atoms with Gasteiger partial charge in [-0.25, -0.2) is 4.98 Å². The van der Waals surface area contributed by atoms with Crippen molar-refractivity contribution in [3.8, 4) is 5.75 Å². The van der Waals surface area contributed by atoms with Crippen molar-refractivity contribution >= 4 is 22.6 Å². The fourth-order valence-corrected chi connectivity index (χ4v) is 2.31. The number of fused-ring (bicyclic) bond motifs is 1. The van der Waals surface area contributed by atoms with Gasteiger partial charge in [-0.15, -0.1) is 11.6 Å². The molecule has 0 aliphatic heterocycles. The Kier molecular flexibility index (Phi) is 4.04. The minimum Gasteiger partial charge on any atom is -0.497 e. The molecule has 1 aromatic carbocycles. The van der Waals surface area contributed by atoms with E-state index in [2.05, 4.69) is 36.4 Å². The molecule has 0 spiro atoms. The second-order valence-electron chi connectivity index (χ2n) is 5.62. The molecule has 0 N–H and O–H groups in total. The molecule has 0 aliphatic rings. The van der Waals surface area contributed by atoms with Crippen LogP contribution in [0.3, 0.4) is 0 Å². The molecule has 0 atom stereocenters. The maximum atomic E-state index is 6.03. The van der Waals surface area contributed by atoms with Crippen LogP contribution in [0.5, 0.6) is 5.75 Å². The monoisotopic (exact) mass is 280 g/mol. The predicted octanol–water partition coefficient (Wildman–Crippen LogP) is 4.22. The van der Waals surface area contributed by atoms with Gasteiger partial charge < -0.3 is 9.30 Å². The van der Waals surface area contributed by atoms with Crippen molar-refractivity contribution < 1.29 is 4.74 Å². The van der Waals surface area contributed by atoms with Crippen LogP contribution in [0.15, 0.2) is 18.2 Å². The van der Waals surface area contributed by atoms with Gasteiger partial charge >= 0.3 is 0 Å². The Bertz CT molecular complexity index is 575. The average Bonchev–Trinajstić information content (AvgIpc) is 2.75. The lowest BCUT2D eigenvalue weighted by molar-refractivity contribution is 0.295. The fraction of sp³-hybridized carbons (Fsp3) is 0.533. The highest BCUT2D eigenvalue weighted by Crippen LogP contribution is 2.28. The molecule has 104 valence electrons. The molecule has 0 radical (unpaired) electrons. The van der Waals surface area contributed by atoms with Gasteiger partial charge in [-0.3, -0.25) is 0 Å². The molecule has 0 saturated carbocycles. The molecule has 1 heterocycles. The van der Waals surface area contributed by atoms with Gasteiger partial charge in [0.1, 0.15) is 11.6 Å². The number of hydrogen-bond donors (Lipinski definition) is 0. The number of hydrogen-bond acceptors (Lipinski definition) is 2. The Balaban J connectivity index is 2.52. The van der Waals surface area contributed by atoms with Gasteiger partial charge in [0.15, 0.2) is 0 Å². The summed E-state index contributed by atoms with van der Waals surface area (Å²) in [6.45, 7) is 7.66. The Hall–Kier alpha value is -1.22. The van der Waals surface area contributed by atoms with Crippen molar-refractivity contribution in [2.75, 3.05) is 7.11 Å². The first kappa shape index (κ1) is 14.2. The highest BCUT2D eigenvalue weighted by molar-refractivity contribution is 6.16. The maximum absolute atomic E-state index is 6.03. The largest absolute Gasteiger partial charge is 0.497 e. The number of methoxy groups -OCH3 is 1. The Labute approximate surface area is 119 Å². The smallest absolute Gasteiger partial charge is 0.124 e. The van der Waals surface area contributed by atoms with Gasteiger partial charge in [-0.05, 0) is 24.0 Å². The molecule has 2 aromatic rings. The number of rotatable bonds is 5. The van der Waals surface area contributed by atoms with E-state index in [1.807, 2.05) is 12.1 Å². The van der Waals surface area contributed by atoms with E-state index in [-0.39, 0.29) is 5.41 Å². The minimum atomic E-state index is 0.231. The van der Waals surface area contributed by atoms with Crippen molar-refractivity contribution in [1.29, 1.82) is 0 Å². The topological polar surface area (TPSA) is 27.1 Å². The number of aromatic nitrogens is 2. The van der Waals surface area contributed by atoms with E-state index in [1.54, 1.807) is 7.11 Å². The van der Waals surface area contributed by atoms with E-state index in [0.717, 1.165) is 35.6 Å². The third-order valence-corrected chi connectivity index (χ3v) is 3.94. The molecule has 0 unspecified atom stereocenters. The van der Waals surface area contributed by atoms with Crippen LogP contribution >= 0.6 is 11.6 Å². The van der Waals surface area contributed by atoms with E-state index >= 15 is 0 Å². The Morgan fingerprint density at radius 1 is 1.37 bits per heavy atom. The van der Waals surface area contributed by atoms with Crippen molar-refractivity contribution in [3.05, 3.63) is 24.0 Å². The normalized spacial score (nSPS) is 12.1. The summed E-state index contributed by atoms with van der Waals surface area (Å²) in [6, 6.07) is 5.99. The third kappa shape index (κ3) is 2.86. The number of alkyl halides is 1. The summed E-state index contributed by atoms with van der Waals surface area (Å²) < 4.78 is 7.47. The first-order valence-corrected chi connectivity index (χ1v) is 7.13. The highest BCUT2D eigenvalue weighted by Gasteiger charge is 2.20. The van der Waals surface area contributed by atoms with Crippen LogP contribution in [0, 0.1) is 5.41 Å². The van der Waals surface area contributed by atoms with Crippen LogP contribution in [-0.4, -0.2) is 16.7 Å². The SMILES string of the molecule is CCC(C)(C)Cn1c(CCl)nc2cc(OC)ccc21. The quantitative estimate of drug-likeness (QED) is 0.767. The zero-order valence-electron chi connectivity index (χ0n) is 12.0. The summed E-state index contributed by atoms with van der Waals surface area (Å²) in [5.41, 5.74) is 2.30. The third-order valence-electron chi connectivity index (χ3n) is 3.70. The molecule has 0 aliphatic carbocycles. The molecule has 19 heavy (non-hydrogen) atoms. The van der Waals surface area contributed by atoms with E-state index < -0.39 is 0 Å². The predicted molar refractivity (Wildman–Crippen MR) is 79.9 cm³/mol. The van der Waals surface area contributed by atoms with Gasteiger partial charge in [0, 0.05) is 12.6 Å². The van der Waals surface area contributed by atoms with Crippen molar-refractivity contribution in [1.82, 2.24) is 9.55 Å². The molecule has 2 rings (SSSR count). The van der Waals surface area contributed by atoms with E-state index in [1.165, 1.54) is 0 Å². The lowest BCUT2D eigenvalue weighted by Crippen LogP contribution is -2.19. The summed E-state index contributed by atoms with van der Waals surface area (Å²) in [5.74, 6) is 2.18. The standard InChI is InChI=1S/C15H21ClN2O/c1-5-15(2,3)10-18-13-7-6-11(19-4)8-12(13)17-14(18)9-16/h6-8H,5,9-10H2,1-4H3. The second-order valence-corrected chi connectivity index (χ2v) is 5.89. The summed E-state index contributed by atoms with van der Waals surface area (Å²) in [4.78, 5) is 4.61. The second kappa shape index (κ2) is 5.41. The Morgan fingerprint density at radius 2 is 2.11 bits per heavy atom. The highest BCUT2D eigenvalue weighted by atomic mass is 35.5. The van der Waals surface area contributed by atoms with E-state index in [0.29, 0.717) is 5.88 Å². The van der Waals surface area contributed by atoms with Crippen LogP contribution < -0.4 is 4.74 Å². The number of ether oxygens (including phenoxy) is 1. The van der Waals surface area contributed by atoms with Crippen LogP contribution in [-0.2, 0) is 12.4 Å². The van der Waals surface area contributed by atoms with Gasteiger partial charge in [0.05, 0.1) is 24.0 Å². The van der Waals surface area contributed by atoms with Gasteiger partial charge in [0.2, 0.25) is 0 Å². The van der Waals surface area contributed by atoms with Crippen molar-refractivity contribution in [2.45, 2.75) is 39.6 Å². The molecule has 1 aromatic heterocycles. The van der Waals surface area contributed by atoms with Crippen LogP contribution in [0.1, 0.15) is 33.0 Å². The van der Waals surface area contributed by atoms with Crippen molar-refractivity contribution in [3.63, 3.8) is 0 Å². The molecule has 3 nitrogen and oxygen atoms in total. The van der Waals surface area contributed by atoms with E-state index in [4.69, 9.17) is 16.3 Å². The Morgan fingerprint density at radius 3 is 2.68 bits per heavy atom. The lowest BCUT2D eigenvalue weighted by atomic mass is 9.90. The first-order chi connectivity index (χ1) is 9.00. The van der Waals surface area contributed by atoms with Crippen LogP contribution in [0.2, 0.25) is 0 Å².